The van der Waals surface area contributed by atoms with Crippen molar-refractivity contribution >= 4 is 22.8 Å². The minimum absolute atomic E-state index is 0.0134. The van der Waals surface area contributed by atoms with Crippen LogP contribution in [0, 0.1) is 5.92 Å². The number of hydrogen-bond donors (Lipinski definition) is 0. The predicted molar refractivity (Wildman–Crippen MR) is 70.0 cm³/mol. The van der Waals surface area contributed by atoms with Gasteiger partial charge in [-0.25, -0.2) is 0 Å². The molecule has 0 radical (unpaired) electrons. The number of aliphatic imine (C=N–C) groups is 1. The lowest BCUT2D eigenvalue weighted by Gasteiger charge is -2.35. The van der Waals surface area contributed by atoms with Gasteiger partial charge in [0.05, 0.1) is 12.0 Å². The minimum atomic E-state index is -0.0557. The van der Waals surface area contributed by atoms with Crippen molar-refractivity contribution in [2.24, 2.45) is 10.9 Å². The Morgan fingerprint density at radius 1 is 1.35 bits per heavy atom. The first-order valence-electron chi connectivity index (χ1n) is 5.84. The Morgan fingerprint density at radius 3 is 2.88 bits per heavy atom. The highest BCUT2D eigenvalue weighted by molar-refractivity contribution is 8.14. The molecule has 0 aromatic heterocycles. The van der Waals surface area contributed by atoms with Gasteiger partial charge in [0.15, 0.2) is 5.17 Å². The summed E-state index contributed by atoms with van der Waals surface area (Å²) in [4.78, 5) is 18.3. The van der Waals surface area contributed by atoms with Crippen LogP contribution in [0.4, 0.5) is 0 Å². The summed E-state index contributed by atoms with van der Waals surface area (Å²) in [7, 11) is 0. The molecule has 0 spiro atoms. The zero-order valence-electron chi connectivity index (χ0n) is 9.67. The van der Waals surface area contributed by atoms with E-state index >= 15 is 0 Å². The van der Waals surface area contributed by atoms with Crippen LogP contribution in [-0.4, -0.2) is 28.3 Å². The van der Waals surface area contributed by atoms with Crippen LogP contribution in [-0.2, 0) is 4.79 Å². The standard InChI is InChI=1S/C13H14N2OS/c1-9-11(10-5-3-2-4-6-10)15-7-8-17-13(15)14-12(9)16/h2-6,9,11H,7-8H2,1H3/t9-,11+/m0/s1. The van der Waals surface area contributed by atoms with Crippen LogP contribution in [0.5, 0.6) is 0 Å². The molecule has 0 bridgehead atoms. The molecule has 0 unspecified atom stereocenters. The summed E-state index contributed by atoms with van der Waals surface area (Å²) in [5.74, 6) is 0.988. The molecule has 3 rings (SSSR count). The van der Waals surface area contributed by atoms with E-state index in [-0.39, 0.29) is 17.9 Å². The molecule has 1 aromatic rings. The number of carbonyl (C=O) groups is 1. The van der Waals surface area contributed by atoms with E-state index in [1.165, 1.54) is 5.56 Å². The fourth-order valence-electron chi connectivity index (χ4n) is 2.49. The normalized spacial score (nSPS) is 27.9. The molecule has 2 aliphatic heterocycles. The maximum absolute atomic E-state index is 11.9. The van der Waals surface area contributed by atoms with E-state index in [9.17, 15) is 4.79 Å². The molecule has 0 aliphatic carbocycles. The summed E-state index contributed by atoms with van der Waals surface area (Å²) in [6.45, 7) is 2.96. The topological polar surface area (TPSA) is 32.7 Å². The quantitative estimate of drug-likeness (QED) is 0.762. The minimum Gasteiger partial charge on any atom is -0.342 e. The maximum Gasteiger partial charge on any atom is 0.253 e. The highest BCUT2D eigenvalue weighted by Gasteiger charge is 2.39. The van der Waals surface area contributed by atoms with Gasteiger partial charge in [-0.2, -0.15) is 4.99 Å². The van der Waals surface area contributed by atoms with Crippen LogP contribution in [0.2, 0.25) is 0 Å². The zero-order chi connectivity index (χ0) is 11.8. The van der Waals surface area contributed by atoms with Crippen LogP contribution in [0.25, 0.3) is 0 Å². The molecular formula is C13H14N2OS. The molecule has 2 atom stereocenters. The second-order valence-corrected chi connectivity index (χ2v) is 5.48. The van der Waals surface area contributed by atoms with Crippen LogP contribution >= 0.6 is 11.8 Å². The van der Waals surface area contributed by atoms with Crippen molar-refractivity contribution in [3.8, 4) is 0 Å². The number of nitrogens with zero attached hydrogens (tertiary/aromatic N) is 2. The average molecular weight is 246 g/mol. The molecule has 3 nitrogen and oxygen atoms in total. The first kappa shape index (κ1) is 10.8. The van der Waals surface area contributed by atoms with Gasteiger partial charge >= 0.3 is 0 Å². The molecule has 0 saturated carbocycles. The Morgan fingerprint density at radius 2 is 2.12 bits per heavy atom. The summed E-state index contributed by atoms with van der Waals surface area (Å²) < 4.78 is 0. The van der Waals surface area contributed by atoms with Gasteiger partial charge in [-0.15, -0.1) is 0 Å². The lowest BCUT2D eigenvalue weighted by atomic mass is 9.91. The third-order valence-corrected chi connectivity index (χ3v) is 4.33. The lowest BCUT2D eigenvalue weighted by Crippen LogP contribution is -2.40. The first-order valence-corrected chi connectivity index (χ1v) is 6.83. The summed E-state index contributed by atoms with van der Waals surface area (Å²) in [5, 5.41) is 0.905. The molecule has 0 N–H and O–H groups in total. The Labute approximate surface area is 105 Å². The Bertz CT molecular complexity index is 472. The third kappa shape index (κ3) is 1.76. The average Bonchev–Trinajstić information content (AvgIpc) is 2.79. The van der Waals surface area contributed by atoms with Gasteiger partial charge < -0.3 is 4.90 Å². The number of amides is 1. The molecule has 1 fully saturated rings. The number of rotatable bonds is 1. The largest absolute Gasteiger partial charge is 0.342 e. The highest BCUT2D eigenvalue weighted by atomic mass is 32.2. The Hall–Kier alpha value is -1.29. The van der Waals surface area contributed by atoms with Crippen molar-refractivity contribution in [1.29, 1.82) is 0 Å². The van der Waals surface area contributed by atoms with E-state index in [1.807, 2.05) is 25.1 Å². The number of fused-ring (bicyclic) bond motifs is 1. The van der Waals surface area contributed by atoms with Crippen LogP contribution in [0.3, 0.4) is 0 Å². The van der Waals surface area contributed by atoms with Crippen molar-refractivity contribution in [2.75, 3.05) is 12.3 Å². The molecule has 1 aromatic carbocycles. The number of thioether (sulfide) groups is 1. The van der Waals surface area contributed by atoms with Gasteiger partial charge in [-0.05, 0) is 5.56 Å². The molecule has 2 heterocycles. The van der Waals surface area contributed by atoms with Crippen molar-refractivity contribution in [3.05, 3.63) is 35.9 Å². The molecule has 1 saturated heterocycles. The van der Waals surface area contributed by atoms with Crippen molar-refractivity contribution < 1.29 is 4.79 Å². The van der Waals surface area contributed by atoms with Crippen LogP contribution < -0.4 is 0 Å². The molecule has 88 valence electrons. The van der Waals surface area contributed by atoms with Crippen LogP contribution in [0.1, 0.15) is 18.5 Å². The maximum atomic E-state index is 11.9. The lowest BCUT2D eigenvalue weighted by molar-refractivity contribution is -0.123. The summed E-state index contributed by atoms with van der Waals surface area (Å²) in [5.41, 5.74) is 1.21. The summed E-state index contributed by atoms with van der Waals surface area (Å²) in [6.07, 6.45) is 0. The van der Waals surface area contributed by atoms with Gasteiger partial charge in [0.25, 0.3) is 5.91 Å². The second-order valence-electron chi connectivity index (χ2n) is 4.42. The van der Waals surface area contributed by atoms with Gasteiger partial charge in [0, 0.05) is 12.3 Å². The molecule has 2 aliphatic rings. The fraction of sp³-hybridized carbons (Fsp3) is 0.385. The van der Waals surface area contributed by atoms with Crippen molar-refractivity contribution in [1.82, 2.24) is 4.90 Å². The van der Waals surface area contributed by atoms with E-state index in [2.05, 4.69) is 22.0 Å². The van der Waals surface area contributed by atoms with Gasteiger partial charge in [0.1, 0.15) is 0 Å². The Kier molecular flexibility index (Phi) is 2.67. The number of hydrogen-bond acceptors (Lipinski definition) is 3. The number of benzene rings is 1. The number of amidine groups is 1. The van der Waals surface area contributed by atoms with Crippen molar-refractivity contribution in [2.45, 2.75) is 13.0 Å². The smallest absolute Gasteiger partial charge is 0.253 e. The molecule has 17 heavy (non-hydrogen) atoms. The van der Waals surface area contributed by atoms with Gasteiger partial charge in [0.2, 0.25) is 0 Å². The van der Waals surface area contributed by atoms with E-state index < -0.39 is 0 Å². The summed E-state index contributed by atoms with van der Waals surface area (Å²) in [6, 6.07) is 10.4. The van der Waals surface area contributed by atoms with Gasteiger partial charge in [-0.3, -0.25) is 4.79 Å². The molecular weight excluding hydrogens is 232 g/mol. The second kappa shape index (κ2) is 4.18. The molecule has 1 amide bonds. The first-order chi connectivity index (χ1) is 8.27. The van der Waals surface area contributed by atoms with E-state index in [1.54, 1.807) is 11.8 Å². The SMILES string of the molecule is C[C@@H]1C(=O)N=C2SCCN2[C@H]1c1ccccc1. The van der Waals surface area contributed by atoms with Crippen LogP contribution in [0.15, 0.2) is 35.3 Å². The summed E-state index contributed by atoms with van der Waals surface area (Å²) >= 11 is 1.69. The highest BCUT2D eigenvalue weighted by Crippen LogP contribution is 2.38. The van der Waals surface area contributed by atoms with E-state index in [0.717, 1.165) is 17.5 Å². The molecule has 4 heteroatoms. The monoisotopic (exact) mass is 246 g/mol. The van der Waals surface area contributed by atoms with E-state index in [4.69, 9.17) is 0 Å². The van der Waals surface area contributed by atoms with E-state index in [0.29, 0.717) is 0 Å². The zero-order valence-corrected chi connectivity index (χ0v) is 10.5. The number of carbonyl (C=O) groups excluding carboxylic acids is 1. The van der Waals surface area contributed by atoms with Gasteiger partial charge in [-0.1, -0.05) is 49.0 Å². The van der Waals surface area contributed by atoms with Crippen molar-refractivity contribution in [3.63, 3.8) is 0 Å². The fourth-order valence-corrected chi connectivity index (χ4v) is 3.48. The predicted octanol–water partition coefficient (Wildman–Crippen LogP) is 2.31. The Balaban J connectivity index is 2.03. The third-order valence-electron chi connectivity index (χ3n) is 3.35.